The topological polar surface area (TPSA) is 34.2 Å². The minimum Gasteiger partial charge on any atom is -0.375 e. The second-order valence-corrected chi connectivity index (χ2v) is 6.11. The minimum atomic E-state index is 0.236. The van der Waals surface area contributed by atoms with Crippen molar-refractivity contribution in [2.24, 2.45) is 0 Å². The summed E-state index contributed by atoms with van der Waals surface area (Å²) < 4.78 is 5.99. The first-order valence-corrected chi connectivity index (χ1v) is 8.31. The van der Waals surface area contributed by atoms with E-state index in [0.717, 1.165) is 24.7 Å². The maximum absolute atomic E-state index is 5.99. The first kappa shape index (κ1) is 13.9. The third-order valence-corrected chi connectivity index (χ3v) is 4.71. The van der Waals surface area contributed by atoms with E-state index in [1.54, 1.807) is 0 Å². The molecule has 2 unspecified atom stereocenters. The number of benzene rings is 1. The summed E-state index contributed by atoms with van der Waals surface area (Å²) in [6.07, 6.45) is 4.05. The van der Waals surface area contributed by atoms with E-state index < -0.39 is 0 Å². The molecule has 1 aliphatic rings. The highest BCUT2D eigenvalue weighted by Gasteiger charge is 2.26. The van der Waals surface area contributed by atoms with Crippen molar-refractivity contribution < 1.29 is 4.74 Å². The molecule has 4 heteroatoms. The molecule has 1 aliphatic heterocycles. The van der Waals surface area contributed by atoms with Gasteiger partial charge in [-0.05, 0) is 23.6 Å². The monoisotopic (exact) mass is 288 g/mol. The summed E-state index contributed by atoms with van der Waals surface area (Å²) in [6.45, 7) is 3.93. The molecular weight excluding hydrogens is 268 g/mol. The average molecular weight is 288 g/mol. The van der Waals surface area contributed by atoms with Crippen molar-refractivity contribution in [2.45, 2.75) is 19.1 Å². The molecule has 3 nitrogen and oxygen atoms in total. The Morgan fingerprint density at radius 1 is 1.45 bits per heavy atom. The smallest absolute Gasteiger partial charge is 0.0860 e. The van der Waals surface area contributed by atoms with Crippen LogP contribution < -0.4 is 5.32 Å². The SMILES string of the molecule is CCNC(c1cccc2ccncc12)C1CSCCO1. The molecule has 1 aromatic carbocycles. The van der Waals surface area contributed by atoms with E-state index in [2.05, 4.69) is 41.5 Å². The molecule has 0 spiro atoms. The third-order valence-electron chi connectivity index (χ3n) is 3.69. The maximum Gasteiger partial charge on any atom is 0.0860 e. The second-order valence-electron chi connectivity index (χ2n) is 4.96. The standard InChI is InChI=1S/C16H20N2OS/c1-2-18-16(15-11-20-9-8-19-15)13-5-3-4-12-6-7-17-10-14(12)13/h3-7,10,15-16,18H,2,8-9,11H2,1H3. The van der Waals surface area contributed by atoms with E-state index in [1.807, 2.05) is 24.2 Å². The molecule has 1 N–H and O–H groups in total. The van der Waals surface area contributed by atoms with Crippen LogP contribution in [0.2, 0.25) is 0 Å². The molecular formula is C16H20N2OS. The lowest BCUT2D eigenvalue weighted by Gasteiger charge is -2.31. The van der Waals surface area contributed by atoms with Gasteiger partial charge in [0.1, 0.15) is 0 Å². The van der Waals surface area contributed by atoms with E-state index in [9.17, 15) is 0 Å². The molecule has 1 saturated heterocycles. The summed E-state index contributed by atoms with van der Waals surface area (Å²) in [5.74, 6) is 2.15. The minimum absolute atomic E-state index is 0.236. The number of likely N-dealkylation sites (N-methyl/N-ethyl adjacent to an activating group) is 1. The molecule has 1 aromatic heterocycles. The Morgan fingerprint density at radius 2 is 2.40 bits per heavy atom. The molecule has 0 aliphatic carbocycles. The van der Waals surface area contributed by atoms with Crippen molar-refractivity contribution in [1.82, 2.24) is 10.3 Å². The Morgan fingerprint density at radius 3 is 3.20 bits per heavy atom. The molecule has 2 atom stereocenters. The van der Waals surface area contributed by atoms with Gasteiger partial charge < -0.3 is 10.1 Å². The summed E-state index contributed by atoms with van der Waals surface area (Å²) in [4.78, 5) is 4.29. The number of fused-ring (bicyclic) bond motifs is 1. The van der Waals surface area contributed by atoms with Gasteiger partial charge in [0.15, 0.2) is 0 Å². The summed E-state index contributed by atoms with van der Waals surface area (Å²) in [5.41, 5.74) is 1.30. The summed E-state index contributed by atoms with van der Waals surface area (Å²) in [5, 5.41) is 6.06. The highest BCUT2D eigenvalue weighted by atomic mass is 32.2. The average Bonchev–Trinajstić information content (AvgIpc) is 2.53. The summed E-state index contributed by atoms with van der Waals surface area (Å²) in [6, 6.07) is 8.76. The van der Waals surface area contributed by atoms with Crippen molar-refractivity contribution in [3.05, 3.63) is 42.2 Å². The molecule has 0 bridgehead atoms. The second kappa shape index (κ2) is 6.57. The molecule has 3 rings (SSSR count). The molecule has 2 aromatic rings. The fraction of sp³-hybridized carbons (Fsp3) is 0.438. The molecule has 20 heavy (non-hydrogen) atoms. The molecule has 0 amide bonds. The van der Waals surface area contributed by atoms with Gasteiger partial charge in [0.05, 0.1) is 18.8 Å². The Bertz CT molecular complexity index is 564. The normalized spacial score (nSPS) is 20.9. The highest BCUT2D eigenvalue weighted by Crippen LogP contribution is 2.30. The number of rotatable bonds is 4. The fourth-order valence-corrected chi connectivity index (χ4v) is 3.67. The van der Waals surface area contributed by atoms with Crippen LogP contribution in [0.3, 0.4) is 0 Å². The van der Waals surface area contributed by atoms with E-state index >= 15 is 0 Å². The Balaban J connectivity index is 2.00. The van der Waals surface area contributed by atoms with Crippen molar-refractivity contribution >= 4 is 22.5 Å². The van der Waals surface area contributed by atoms with Crippen molar-refractivity contribution in [1.29, 1.82) is 0 Å². The number of nitrogens with zero attached hydrogens (tertiary/aromatic N) is 1. The Labute approximate surface area is 124 Å². The van der Waals surface area contributed by atoms with Gasteiger partial charge in [-0.15, -0.1) is 0 Å². The predicted octanol–water partition coefficient (Wildman–Crippen LogP) is 3.02. The Hall–Kier alpha value is -1.10. The number of thioether (sulfide) groups is 1. The highest BCUT2D eigenvalue weighted by molar-refractivity contribution is 7.99. The summed E-state index contributed by atoms with van der Waals surface area (Å²) >= 11 is 1.98. The predicted molar refractivity (Wildman–Crippen MR) is 85.2 cm³/mol. The van der Waals surface area contributed by atoms with Gasteiger partial charge in [0, 0.05) is 29.3 Å². The van der Waals surface area contributed by atoms with Gasteiger partial charge in [-0.3, -0.25) is 4.98 Å². The van der Waals surface area contributed by atoms with Gasteiger partial charge in [-0.25, -0.2) is 0 Å². The van der Waals surface area contributed by atoms with Crippen LogP contribution in [0, 0.1) is 0 Å². The first-order chi connectivity index (χ1) is 9.90. The lowest BCUT2D eigenvalue weighted by Crippen LogP contribution is -2.38. The van der Waals surface area contributed by atoms with E-state index in [-0.39, 0.29) is 12.1 Å². The first-order valence-electron chi connectivity index (χ1n) is 7.15. The Kier molecular flexibility index (Phi) is 4.55. The lowest BCUT2D eigenvalue weighted by molar-refractivity contribution is 0.0476. The molecule has 2 heterocycles. The zero-order valence-corrected chi connectivity index (χ0v) is 12.5. The van der Waals surface area contributed by atoms with Crippen LogP contribution in [0.1, 0.15) is 18.5 Å². The zero-order valence-electron chi connectivity index (χ0n) is 11.7. The van der Waals surface area contributed by atoms with Crippen LogP contribution in [-0.2, 0) is 4.74 Å². The van der Waals surface area contributed by atoms with Crippen molar-refractivity contribution in [2.75, 3.05) is 24.7 Å². The maximum atomic E-state index is 5.99. The molecule has 106 valence electrons. The zero-order chi connectivity index (χ0) is 13.8. The molecule has 1 fully saturated rings. The molecule has 0 saturated carbocycles. The summed E-state index contributed by atoms with van der Waals surface area (Å²) in [7, 11) is 0. The number of pyridine rings is 1. The largest absolute Gasteiger partial charge is 0.375 e. The molecule has 0 radical (unpaired) electrons. The van der Waals surface area contributed by atoms with E-state index in [1.165, 1.54) is 16.3 Å². The number of aromatic nitrogens is 1. The van der Waals surface area contributed by atoms with Gasteiger partial charge in [0.25, 0.3) is 0 Å². The number of ether oxygens (including phenoxy) is 1. The fourth-order valence-electron chi connectivity index (χ4n) is 2.77. The number of nitrogens with one attached hydrogen (secondary N) is 1. The van der Waals surface area contributed by atoms with E-state index in [4.69, 9.17) is 4.74 Å². The van der Waals surface area contributed by atoms with Crippen LogP contribution in [-0.4, -0.2) is 35.7 Å². The van der Waals surface area contributed by atoms with Gasteiger partial charge >= 0.3 is 0 Å². The van der Waals surface area contributed by atoms with Gasteiger partial charge in [-0.1, -0.05) is 25.1 Å². The number of hydrogen-bond acceptors (Lipinski definition) is 4. The van der Waals surface area contributed by atoms with Gasteiger partial charge in [0.2, 0.25) is 0 Å². The van der Waals surface area contributed by atoms with Crippen LogP contribution in [0.4, 0.5) is 0 Å². The van der Waals surface area contributed by atoms with Crippen LogP contribution in [0.15, 0.2) is 36.7 Å². The van der Waals surface area contributed by atoms with Crippen LogP contribution in [0.25, 0.3) is 10.8 Å². The van der Waals surface area contributed by atoms with Crippen LogP contribution in [0.5, 0.6) is 0 Å². The van der Waals surface area contributed by atoms with Crippen molar-refractivity contribution in [3.8, 4) is 0 Å². The third kappa shape index (κ3) is 2.82. The lowest BCUT2D eigenvalue weighted by atomic mass is 9.96. The quantitative estimate of drug-likeness (QED) is 0.938. The van der Waals surface area contributed by atoms with E-state index in [0.29, 0.717) is 0 Å². The van der Waals surface area contributed by atoms with Crippen LogP contribution >= 0.6 is 11.8 Å². The number of hydrogen-bond donors (Lipinski definition) is 1. The van der Waals surface area contributed by atoms with Crippen molar-refractivity contribution in [3.63, 3.8) is 0 Å². The van der Waals surface area contributed by atoms with Gasteiger partial charge in [-0.2, -0.15) is 11.8 Å².